The van der Waals surface area contributed by atoms with E-state index in [2.05, 4.69) is 101 Å². The Morgan fingerprint density at radius 2 is 1.79 bits per heavy atom. The van der Waals surface area contributed by atoms with Crippen LogP contribution in [0.25, 0.3) is 0 Å². The van der Waals surface area contributed by atoms with Crippen molar-refractivity contribution in [1.29, 1.82) is 0 Å². The van der Waals surface area contributed by atoms with E-state index < -0.39 is 8.32 Å². The van der Waals surface area contributed by atoms with E-state index in [-0.39, 0.29) is 23.9 Å². The van der Waals surface area contributed by atoms with Gasteiger partial charge in [-0.15, -0.1) is 6.42 Å². The van der Waals surface area contributed by atoms with Crippen LogP contribution in [0, 0.1) is 4.58 Å². The second-order valence-corrected chi connectivity index (χ2v) is 16.8. The molecule has 0 unspecified atom stereocenters. The minimum atomic E-state index is -1.75. The van der Waals surface area contributed by atoms with Gasteiger partial charge in [0.1, 0.15) is 0 Å². The third-order valence-electron chi connectivity index (χ3n) is 5.87. The predicted molar refractivity (Wildman–Crippen MR) is 133 cm³/mol. The van der Waals surface area contributed by atoms with Crippen LogP contribution < -0.4 is 18.9 Å². The average Bonchev–Trinajstić information content (AvgIpc) is 2.65. The molecule has 0 aliphatic carbocycles. The number of rotatable bonds is 9. The van der Waals surface area contributed by atoms with Crippen molar-refractivity contribution in [2.75, 3.05) is 11.5 Å². The monoisotopic (exact) mass is 442 g/mol. The van der Waals surface area contributed by atoms with Crippen molar-refractivity contribution >= 4 is 31.8 Å². The Morgan fingerprint density at radius 3 is 2.38 bits per heavy atom. The molecule has 1 saturated heterocycles. The van der Waals surface area contributed by atoms with Crippen molar-refractivity contribution in [1.82, 2.24) is 0 Å². The number of allylic oxidation sites excluding steroid dienone is 2. The molecule has 1 nitrogen and oxygen atoms in total. The van der Waals surface area contributed by atoms with Crippen molar-refractivity contribution in [3.05, 3.63) is 52.1 Å². The molecule has 1 aliphatic rings. The smallest absolute Gasteiger partial charge is 0.416 e. The third-order valence-corrected chi connectivity index (χ3v) is 13.1. The molecule has 0 N–H and O–H groups in total. The summed E-state index contributed by atoms with van der Waals surface area (Å²) >= 11 is 4.13. The van der Waals surface area contributed by atoms with E-state index in [1.165, 1.54) is 29.1 Å². The van der Waals surface area contributed by atoms with Crippen molar-refractivity contribution in [2.24, 2.45) is 0 Å². The molecular weight excluding hydrogens is 403 g/mol. The molecule has 0 radical (unpaired) electrons. The number of hydrogen-bond acceptors (Lipinski definition) is 3. The van der Waals surface area contributed by atoms with Gasteiger partial charge in [0.25, 0.3) is 0 Å². The molecule has 29 heavy (non-hydrogen) atoms. The van der Waals surface area contributed by atoms with E-state index in [9.17, 15) is 0 Å². The summed E-state index contributed by atoms with van der Waals surface area (Å²) in [5, 5.41) is 0.265. The summed E-state index contributed by atoms with van der Waals surface area (Å²) in [4.78, 5) is 0. The summed E-state index contributed by atoms with van der Waals surface area (Å²) in [6.07, 6.45) is 8.51. The standard InChI is InChI=1S/C24H39OS2Si.Li/c1-20(13-15-21-11-8-7-9-12-21)14-16-22(19-23-26-17-10-18-27-23)25-28(5,6)24(2,3)4;/h7-9,11-13,22H,10,14-19H2,1-6H3;/q-1;+1/b20-13+;/t22-;/m1./s1. The number of thioether (sulfide) groups is 2. The van der Waals surface area contributed by atoms with Gasteiger partial charge < -0.3 is 27.9 Å². The summed E-state index contributed by atoms with van der Waals surface area (Å²) in [7, 11) is -1.75. The van der Waals surface area contributed by atoms with Crippen LogP contribution >= 0.6 is 23.5 Å². The van der Waals surface area contributed by atoms with Gasteiger partial charge in [-0.05, 0) is 67.8 Å². The molecule has 1 fully saturated rings. The number of hydrogen-bond donors (Lipinski definition) is 0. The van der Waals surface area contributed by atoms with Gasteiger partial charge in [-0.3, -0.25) is 0 Å². The van der Waals surface area contributed by atoms with Crippen LogP contribution in [-0.2, 0) is 10.8 Å². The first-order valence-electron chi connectivity index (χ1n) is 10.7. The first-order chi connectivity index (χ1) is 13.2. The van der Waals surface area contributed by atoms with Crippen LogP contribution in [0.4, 0.5) is 0 Å². The summed E-state index contributed by atoms with van der Waals surface area (Å²) in [5.74, 6) is 2.57. The molecular formula is C24H39LiOS2Si. The predicted octanol–water partition coefficient (Wildman–Crippen LogP) is 5.10. The summed E-state index contributed by atoms with van der Waals surface area (Å²) in [6, 6.07) is 10.8. The van der Waals surface area contributed by atoms with E-state index in [4.69, 9.17) is 4.43 Å². The molecule has 5 heteroatoms. The van der Waals surface area contributed by atoms with Gasteiger partial charge in [0.2, 0.25) is 0 Å². The van der Waals surface area contributed by atoms with Crippen LogP contribution in [0.5, 0.6) is 0 Å². The molecule has 0 bridgehead atoms. The zero-order valence-corrected chi connectivity index (χ0v) is 22.3. The van der Waals surface area contributed by atoms with E-state index in [0.29, 0.717) is 6.10 Å². The maximum atomic E-state index is 6.88. The largest absolute Gasteiger partial charge is 1.00 e. The molecule has 1 atom stereocenters. The first-order valence-corrected chi connectivity index (χ1v) is 15.5. The van der Waals surface area contributed by atoms with Crippen LogP contribution in [0.3, 0.4) is 0 Å². The van der Waals surface area contributed by atoms with E-state index in [1.54, 1.807) is 4.58 Å². The Labute approximate surface area is 201 Å². The van der Waals surface area contributed by atoms with Gasteiger partial charge in [-0.25, -0.2) is 4.58 Å². The Hall–Kier alpha value is 0.434. The minimum absolute atomic E-state index is 0. The van der Waals surface area contributed by atoms with E-state index in [0.717, 1.165) is 25.7 Å². The second kappa shape index (κ2) is 13.1. The molecule has 158 valence electrons. The van der Waals surface area contributed by atoms with E-state index >= 15 is 0 Å². The zero-order valence-electron chi connectivity index (χ0n) is 19.7. The summed E-state index contributed by atoms with van der Waals surface area (Å²) in [6.45, 7) is 14.1. The van der Waals surface area contributed by atoms with Crippen molar-refractivity contribution < 1.29 is 23.3 Å². The van der Waals surface area contributed by atoms with Crippen LogP contribution in [0.15, 0.2) is 42.0 Å². The van der Waals surface area contributed by atoms with Crippen molar-refractivity contribution in [2.45, 2.75) is 84.0 Å². The quantitative estimate of drug-likeness (QED) is 0.299. The zero-order chi connectivity index (χ0) is 20.6. The topological polar surface area (TPSA) is 9.23 Å². The Bertz CT molecular complexity index is 607. The van der Waals surface area contributed by atoms with Crippen LogP contribution in [0.1, 0.15) is 58.9 Å². The fraction of sp³-hybridized carbons (Fsp3) is 0.625. The fourth-order valence-corrected chi connectivity index (χ4v) is 7.01. The summed E-state index contributed by atoms with van der Waals surface area (Å²) in [5.41, 5.74) is 2.88. The average molecular weight is 443 g/mol. The maximum absolute atomic E-state index is 6.88. The molecule has 0 spiro atoms. The first kappa shape index (κ1) is 27.5. The SMILES string of the molecule is C/C(=C\Cc1ccccc1)CC[C@H](C[C-]1SCCCS1)O[Si](C)(C)C(C)(C)C.[Li+]. The van der Waals surface area contributed by atoms with Crippen molar-refractivity contribution in [3.8, 4) is 0 Å². The Morgan fingerprint density at radius 1 is 1.17 bits per heavy atom. The molecule has 0 amide bonds. The van der Waals surface area contributed by atoms with Gasteiger partial charge in [0.15, 0.2) is 8.32 Å². The third kappa shape index (κ3) is 10.1. The maximum Gasteiger partial charge on any atom is 1.00 e. The molecule has 1 aromatic rings. The molecule has 0 aromatic heterocycles. The second-order valence-electron chi connectivity index (χ2n) is 9.41. The van der Waals surface area contributed by atoms with E-state index in [1.807, 2.05) is 0 Å². The minimum Gasteiger partial charge on any atom is -0.416 e. The molecule has 1 aliphatic heterocycles. The summed E-state index contributed by atoms with van der Waals surface area (Å²) < 4.78 is 8.48. The molecule has 0 saturated carbocycles. The normalized spacial score (nSPS) is 17.7. The Balaban J connectivity index is 0.00000420. The van der Waals surface area contributed by atoms with Gasteiger partial charge >= 0.3 is 18.9 Å². The van der Waals surface area contributed by atoms with Gasteiger partial charge in [0.05, 0.1) is 0 Å². The molecule has 2 rings (SSSR count). The van der Waals surface area contributed by atoms with Crippen LogP contribution in [0.2, 0.25) is 18.1 Å². The van der Waals surface area contributed by atoms with Gasteiger partial charge in [-0.1, -0.05) is 62.8 Å². The fourth-order valence-electron chi connectivity index (χ4n) is 2.97. The van der Waals surface area contributed by atoms with Gasteiger partial charge in [-0.2, -0.15) is 0 Å². The molecule has 1 aromatic carbocycles. The Kier molecular flexibility index (Phi) is 12.4. The van der Waals surface area contributed by atoms with Crippen molar-refractivity contribution in [3.63, 3.8) is 0 Å². The van der Waals surface area contributed by atoms with Crippen LogP contribution in [-0.4, -0.2) is 25.9 Å². The molecule has 1 heterocycles. The van der Waals surface area contributed by atoms with Gasteiger partial charge in [0, 0.05) is 6.10 Å². The number of benzene rings is 1.